The average Bonchev–Trinajstić information content (AvgIpc) is 3.52. The Hall–Kier alpha value is -2.35. The van der Waals surface area contributed by atoms with Crippen LogP contribution in [0.2, 0.25) is 0 Å². The third kappa shape index (κ3) is 4.38. The van der Waals surface area contributed by atoms with Crippen LogP contribution in [0.4, 0.5) is 0 Å². The zero-order valence-electron chi connectivity index (χ0n) is 16.6. The maximum absolute atomic E-state index is 12.9. The zero-order valence-corrected chi connectivity index (χ0v) is 17.4. The van der Waals surface area contributed by atoms with Gasteiger partial charge in [-0.2, -0.15) is 0 Å². The zero-order chi connectivity index (χ0) is 20.3. The van der Waals surface area contributed by atoms with E-state index in [4.69, 9.17) is 0 Å². The smallest absolute Gasteiger partial charge is 0.262 e. The number of hydrogen-bond donors (Lipinski definition) is 0. The topological polar surface area (TPSA) is 75.5 Å². The Bertz CT molecular complexity index is 935. The van der Waals surface area contributed by atoms with Gasteiger partial charge in [-0.25, -0.2) is 4.98 Å². The molecular weight excluding hydrogens is 376 g/mol. The van der Waals surface area contributed by atoms with Gasteiger partial charge in [-0.1, -0.05) is 23.9 Å². The van der Waals surface area contributed by atoms with Crippen LogP contribution >= 0.6 is 11.8 Å². The number of thioether (sulfide) groups is 1. The third-order valence-electron chi connectivity index (χ3n) is 4.93. The lowest BCUT2D eigenvalue weighted by Crippen LogP contribution is -2.41. The predicted octanol–water partition coefficient (Wildman–Crippen LogP) is 2.15. The quantitative estimate of drug-likeness (QED) is 0.500. The van der Waals surface area contributed by atoms with Crippen molar-refractivity contribution in [3.05, 3.63) is 34.6 Å². The van der Waals surface area contributed by atoms with Gasteiger partial charge in [-0.15, -0.1) is 0 Å². The molecule has 0 N–H and O–H groups in total. The Labute approximate surface area is 168 Å². The molecule has 0 bridgehead atoms. The molecule has 0 unspecified atom stereocenters. The van der Waals surface area contributed by atoms with Crippen molar-refractivity contribution >= 4 is 34.5 Å². The second-order valence-electron chi connectivity index (χ2n) is 6.92. The first-order chi connectivity index (χ1) is 13.5. The van der Waals surface area contributed by atoms with E-state index in [1.807, 2.05) is 32.0 Å². The van der Waals surface area contributed by atoms with Crippen molar-refractivity contribution in [2.75, 3.05) is 32.4 Å². The minimum absolute atomic E-state index is 0.0480. The van der Waals surface area contributed by atoms with E-state index >= 15 is 0 Å². The van der Waals surface area contributed by atoms with E-state index in [0.29, 0.717) is 29.1 Å². The number of para-hydroxylation sites is 1. The molecule has 1 fully saturated rings. The number of likely N-dealkylation sites (N-methyl/N-ethyl adjacent to an activating group) is 2. The van der Waals surface area contributed by atoms with Crippen molar-refractivity contribution in [3.8, 4) is 0 Å². The van der Waals surface area contributed by atoms with Crippen LogP contribution in [0, 0.1) is 0 Å². The third-order valence-corrected chi connectivity index (χ3v) is 5.86. The number of aromatic nitrogens is 2. The molecule has 0 saturated heterocycles. The fourth-order valence-electron chi connectivity index (χ4n) is 3.09. The van der Waals surface area contributed by atoms with Gasteiger partial charge in [0.1, 0.15) is 0 Å². The molecule has 1 aliphatic carbocycles. The van der Waals surface area contributed by atoms with Crippen molar-refractivity contribution in [2.45, 2.75) is 37.9 Å². The van der Waals surface area contributed by atoms with Gasteiger partial charge < -0.3 is 9.80 Å². The molecule has 7 nitrogen and oxygen atoms in total. The first kappa shape index (κ1) is 20.4. The van der Waals surface area contributed by atoms with E-state index in [0.717, 1.165) is 12.8 Å². The minimum Gasteiger partial charge on any atom is -0.342 e. The Morgan fingerprint density at radius 3 is 2.50 bits per heavy atom. The fourth-order valence-corrected chi connectivity index (χ4v) is 4.09. The van der Waals surface area contributed by atoms with Gasteiger partial charge in [-0.05, 0) is 38.8 Å². The first-order valence-corrected chi connectivity index (χ1v) is 10.6. The van der Waals surface area contributed by atoms with E-state index in [9.17, 15) is 14.4 Å². The van der Waals surface area contributed by atoms with Crippen molar-refractivity contribution in [3.63, 3.8) is 0 Å². The van der Waals surface area contributed by atoms with E-state index in [-0.39, 0.29) is 35.7 Å². The molecule has 0 atom stereocenters. The van der Waals surface area contributed by atoms with Gasteiger partial charge in [-0.3, -0.25) is 19.0 Å². The molecule has 1 aromatic heterocycles. The van der Waals surface area contributed by atoms with E-state index in [1.54, 1.807) is 22.6 Å². The number of nitrogens with zero attached hydrogens (tertiary/aromatic N) is 4. The minimum atomic E-state index is -0.157. The number of carbonyl (C=O) groups excluding carboxylic acids is 2. The van der Waals surface area contributed by atoms with Gasteiger partial charge in [0.2, 0.25) is 11.8 Å². The van der Waals surface area contributed by atoms with Crippen molar-refractivity contribution in [1.29, 1.82) is 0 Å². The van der Waals surface area contributed by atoms with Crippen molar-refractivity contribution < 1.29 is 9.59 Å². The summed E-state index contributed by atoms with van der Waals surface area (Å²) in [7, 11) is 1.63. The molecule has 2 amide bonds. The lowest BCUT2D eigenvalue weighted by Gasteiger charge is -2.23. The molecule has 1 aromatic carbocycles. The predicted molar refractivity (Wildman–Crippen MR) is 111 cm³/mol. The number of rotatable bonds is 8. The van der Waals surface area contributed by atoms with E-state index in [2.05, 4.69) is 4.98 Å². The standard InChI is InChI=1S/C20H26N4O3S/c1-4-23(5-2)17(25)12-22(3)18(26)13-28-20-21-16-9-7-6-8-15(16)19(27)24(20)14-10-11-14/h6-9,14H,4-5,10-13H2,1-3H3. The number of benzene rings is 1. The van der Waals surface area contributed by atoms with Gasteiger partial charge in [0.25, 0.3) is 5.56 Å². The monoisotopic (exact) mass is 402 g/mol. The normalized spacial score (nSPS) is 13.5. The second-order valence-corrected chi connectivity index (χ2v) is 7.86. The molecule has 150 valence electrons. The van der Waals surface area contributed by atoms with Crippen LogP contribution in [0.5, 0.6) is 0 Å². The van der Waals surface area contributed by atoms with Crippen LogP contribution in [0.1, 0.15) is 32.7 Å². The highest BCUT2D eigenvalue weighted by Crippen LogP contribution is 2.36. The molecule has 1 aliphatic rings. The van der Waals surface area contributed by atoms with E-state index in [1.165, 1.54) is 16.7 Å². The largest absolute Gasteiger partial charge is 0.342 e. The summed E-state index contributed by atoms with van der Waals surface area (Å²) in [6, 6.07) is 7.46. The molecule has 28 heavy (non-hydrogen) atoms. The maximum Gasteiger partial charge on any atom is 0.262 e. The Kier molecular flexibility index (Phi) is 6.39. The van der Waals surface area contributed by atoms with Gasteiger partial charge in [0, 0.05) is 26.2 Å². The molecule has 1 saturated carbocycles. The highest BCUT2D eigenvalue weighted by atomic mass is 32.2. The number of fused-ring (bicyclic) bond motifs is 1. The van der Waals surface area contributed by atoms with Crippen LogP contribution in [0.3, 0.4) is 0 Å². The Morgan fingerprint density at radius 2 is 1.86 bits per heavy atom. The first-order valence-electron chi connectivity index (χ1n) is 9.62. The van der Waals surface area contributed by atoms with Crippen molar-refractivity contribution in [1.82, 2.24) is 19.4 Å². The molecule has 0 spiro atoms. The number of hydrogen-bond acceptors (Lipinski definition) is 5. The summed E-state index contributed by atoms with van der Waals surface area (Å²) in [5.74, 6) is -0.0840. The molecule has 1 heterocycles. The molecular formula is C20H26N4O3S. The van der Waals surface area contributed by atoms with Crippen molar-refractivity contribution in [2.24, 2.45) is 0 Å². The number of carbonyl (C=O) groups is 2. The summed E-state index contributed by atoms with van der Waals surface area (Å²) < 4.78 is 1.72. The van der Waals surface area contributed by atoms with Crippen LogP contribution < -0.4 is 5.56 Å². The second kappa shape index (κ2) is 8.77. The lowest BCUT2D eigenvalue weighted by molar-refractivity contribution is -0.137. The van der Waals surface area contributed by atoms with Gasteiger partial charge in [0.05, 0.1) is 23.2 Å². The van der Waals surface area contributed by atoms with E-state index < -0.39 is 0 Å². The summed E-state index contributed by atoms with van der Waals surface area (Å²) in [6.45, 7) is 5.15. The summed E-state index contributed by atoms with van der Waals surface area (Å²) in [5.41, 5.74) is 0.595. The Balaban J connectivity index is 1.73. The highest BCUT2D eigenvalue weighted by molar-refractivity contribution is 7.99. The molecule has 0 aliphatic heterocycles. The number of amides is 2. The lowest BCUT2D eigenvalue weighted by atomic mass is 10.2. The summed E-state index contributed by atoms with van der Waals surface area (Å²) >= 11 is 1.26. The molecule has 8 heteroatoms. The van der Waals surface area contributed by atoms with Gasteiger partial charge >= 0.3 is 0 Å². The molecule has 3 rings (SSSR count). The van der Waals surface area contributed by atoms with Crippen LogP contribution in [0.25, 0.3) is 10.9 Å². The molecule has 2 aromatic rings. The van der Waals surface area contributed by atoms with Crippen LogP contribution in [-0.2, 0) is 9.59 Å². The average molecular weight is 403 g/mol. The molecule has 0 radical (unpaired) electrons. The summed E-state index contributed by atoms with van der Waals surface area (Å²) in [6.07, 6.45) is 1.92. The SMILES string of the molecule is CCN(CC)C(=O)CN(C)C(=O)CSc1nc2ccccc2c(=O)n1C1CC1. The van der Waals surface area contributed by atoms with Crippen LogP contribution in [-0.4, -0.2) is 63.6 Å². The highest BCUT2D eigenvalue weighted by Gasteiger charge is 2.29. The maximum atomic E-state index is 12.9. The Morgan fingerprint density at radius 1 is 1.18 bits per heavy atom. The fraction of sp³-hybridized carbons (Fsp3) is 0.500. The van der Waals surface area contributed by atoms with Crippen LogP contribution in [0.15, 0.2) is 34.2 Å². The summed E-state index contributed by atoms with van der Waals surface area (Å²) in [5, 5.41) is 1.18. The summed E-state index contributed by atoms with van der Waals surface area (Å²) in [4.78, 5) is 45.3. The van der Waals surface area contributed by atoms with Gasteiger partial charge in [0.15, 0.2) is 5.16 Å².